The van der Waals surface area contributed by atoms with Gasteiger partial charge in [0.15, 0.2) is 11.9 Å². The minimum absolute atomic E-state index is 0.00115. The highest BCUT2D eigenvalue weighted by Gasteiger charge is 2.49. The van der Waals surface area contributed by atoms with Crippen LogP contribution in [0.25, 0.3) is 0 Å². The van der Waals surface area contributed by atoms with Crippen LogP contribution in [0.5, 0.6) is 0 Å². The largest absolute Gasteiger partial charge is 0.376 e. The third-order valence-corrected chi connectivity index (χ3v) is 6.48. The number of aromatic nitrogens is 2. The van der Waals surface area contributed by atoms with E-state index in [0.29, 0.717) is 24.3 Å². The first-order chi connectivity index (χ1) is 14.2. The SMILES string of the molecule is CC1CC1c1noc(C2N=CN3c4ccccc4N(CC4CCCO4)C(=O)C23)n1. The zero-order valence-electron chi connectivity index (χ0n) is 16.3. The average molecular weight is 393 g/mol. The van der Waals surface area contributed by atoms with E-state index in [4.69, 9.17) is 9.26 Å². The van der Waals surface area contributed by atoms with Crippen molar-refractivity contribution in [3.63, 3.8) is 0 Å². The lowest BCUT2D eigenvalue weighted by Crippen LogP contribution is -2.54. The molecule has 1 saturated carbocycles. The fraction of sp³-hybridized carbons (Fsp3) is 0.524. The van der Waals surface area contributed by atoms with Crippen molar-refractivity contribution in [3.8, 4) is 0 Å². The van der Waals surface area contributed by atoms with Crippen LogP contribution in [-0.2, 0) is 9.53 Å². The molecule has 1 aliphatic carbocycles. The summed E-state index contributed by atoms with van der Waals surface area (Å²) in [6, 6.07) is 6.96. The summed E-state index contributed by atoms with van der Waals surface area (Å²) in [5.41, 5.74) is 1.87. The summed E-state index contributed by atoms with van der Waals surface area (Å²) < 4.78 is 11.4. The van der Waals surface area contributed by atoms with Crippen LogP contribution in [0.1, 0.15) is 49.9 Å². The Bertz CT molecular complexity index is 982. The molecule has 3 aliphatic heterocycles. The number of carbonyl (C=O) groups is 1. The van der Waals surface area contributed by atoms with Crippen LogP contribution in [0.4, 0.5) is 11.4 Å². The van der Waals surface area contributed by atoms with Gasteiger partial charge in [-0.05, 0) is 37.3 Å². The molecule has 1 aromatic carbocycles. The maximum absolute atomic E-state index is 13.6. The van der Waals surface area contributed by atoms with E-state index < -0.39 is 12.1 Å². The van der Waals surface area contributed by atoms with Crippen LogP contribution in [0, 0.1) is 5.92 Å². The van der Waals surface area contributed by atoms with Crippen molar-refractivity contribution in [2.75, 3.05) is 23.0 Å². The van der Waals surface area contributed by atoms with Gasteiger partial charge < -0.3 is 19.1 Å². The monoisotopic (exact) mass is 393 g/mol. The molecule has 4 aliphatic rings. The summed E-state index contributed by atoms with van der Waals surface area (Å²) in [4.78, 5) is 26.6. The number of rotatable bonds is 4. The highest BCUT2D eigenvalue weighted by Crippen LogP contribution is 2.47. The van der Waals surface area contributed by atoms with E-state index in [1.165, 1.54) is 0 Å². The van der Waals surface area contributed by atoms with Crippen LogP contribution in [-0.4, -0.2) is 47.7 Å². The molecule has 2 aromatic rings. The van der Waals surface area contributed by atoms with Gasteiger partial charge in [0, 0.05) is 12.5 Å². The Morgan fingerprint density at radius 2 is 2.07 bits per heavy atom. The summed E-state index contributed by atoms with van der Waals surface area (Å²) in [7, 11) is 0. The number of nitrogens with zero attached hydrogens (tertiary/aromatic N) is 5. The summed E-state index contributed by atoms with van der Waals surface area (Å²) in [6.07, 6.45) is 4.92. The van der Waals surface area contributed by atoms with Gasteiger partial charge in [-0.15, -0.1) is 0 Å². The summed E-state index contributed by atoms with van der Waals surface area (Å²) in [5, 5.41) is 4.16. The number of para-hydroxylation sites is 2. The number of carbonyl (C=O) groups excluding carboxylic acids is 1. The molecule has 5 unspecified atom stereocenters. The number of fused-ring (bicyclic) bond motifs is 3. The van der Waals surface area contributed by atoms with E-state index in [0.717, 1.165) is 43.1 Å². The smallest absolute Gasteiger partial charge is 0.254 e. The summed E-state index contributed by atoms with van der Waals surface area (Å²) in [5.74, 6) is 2.12. The molecule has 1 aromatic heterocycles. The van der Waals surface area contributed by atoms with Gasteiger partial charge >= 0.3 is 0 Å². The van der Waals surface area contributed by atoms with Crippen LogP contribution in [0.15, 0.2) is 33.8 Å². The molecule has 1 saturated heterocycles. The van der Waals surface area contributed by atoms with E-state index in [1.807, 2.05) is 34.1 Å². The molecule has 2 fully saturated rings. The van der Waals surface area contributed by atoms with Gasteiger partial charge in [0.25, 0.3) is 11.8 Å². The van der Waals surface area contributed by atoms with E-state index in [2.05, 4.69) is 22.1 Å². The highest BCUT2D eigenvalue weighted by atomic mass is 16.5. The molecule has 4 heterocycles. The number of hydrogen-bond donors (Lipinski definition) is 0. The fourth-order valence-electron chi connectivity index (χ4n) is 4.68. The zero-order chi connectivity index (χ0) is 19.5. The molecule has 8 heteroatoms. The third kappa shape index (κ3) is 2.69. The van der Waals surface area contributed by atoms with Crippen molar-refractivity contribution in [2.45, 2.75) is 50.3 Å². The van der Waals surface area contributed by atoms with Crippen LogP contribution >= 0.6 is 0 Å². The summed E-state index contributed by atoms with van der Waals surface area (Å²) >= 11 is 0. The molecule has 8 nitrogen and oxygen atoms in total. The van der Waals surface area contributed by atoms with Crippen LogP contribution < -0.4 is 9.80 Å². The Morgan fingerprint density at radius 1 is 1.24 bits per heavy atom. The molecule has 6 rings (SSSR count). The maximum Gasteiger partial charge on any atom is 0.254 e. The maximum atomic E-state index is 13.6. The molecule has 150 valence electrons. The van der Waals surface area contributed by atoms with Crippen molar-refractivity contribution in [2.24, 2.45) is 10.9 Å². The van der Waals surface area contributed by atoms with Crippen molar-refractivity contribution < 1.29 is 14.1 Å². The van der Waals surface area contributed by atoms with E-state index in [-0.39, 0.29) is 12.0 Å². The van der Waals surface area contributed by atoms with Crippen molar-refractivity contribution in [1.29, 1.82) is 0 Å². The second-order valence-corrected chi connectivity index (χ2v) is 8.44. The van der Waals surface area contributed by atoms with Crippen molar-refractivity contribution in [3.05, 3.63) is 36.0 Å². The number of hydrogen-bond acceptors (Lipinski definition) is 7. The minimum Gasteiger partial charge on any atom is -0.376 e. The number of ether oxygens (including phenoxy) is 1. The quantitative estimate of drug-likeness (QED) is 0.794. The zero-order valence-corrected chi connectivity index (χ0v) is 16.3. The van der Waals surface area contributed by atoms with Crippen LogP contribution in [0.3, 0.4) is 0 Å². The molecule has 0 N–H and O–H groups in total. The molecular formula is C21H23N5O3. The second kappa shape index (κ2) is 6.38. The number of amides is 1. The Kier molecular flexibility index (Phi) is 3.77. The Balaban J connectivity index is 1.34. The van der Waals surface area contributed by atoms with Gasteiger partial charge in [-0.1, -0.05) is 24.2 Å². The predicted octanol–water partition coefficient (Wildman–Crippen LogP) is 2.68. The Labute approximate surface area is 168 Å². The normalized spacial score (nSPS) is 32.6. The van der Waals surface area contributed by atoms with Crippen LogP contribution in [0.2, 0.25) is 0 Å². The standard InChI is InChI=1S/C21H23N5O3/c1-12-9-14(12)19-23-20(29-24-19)17-18-21(27)25(10-13-5-4-8-28-13)15-6-2-3-7-16(15)26(18)11-22-17/h2-3,6-7,11-14,17-18H,4-5,8-10H2,1H3. The minimum atomic E-state index is -0.503. The lowest BCUT2D eigenvalue weighted by Gasteiger charge is -2.39. The molecule has 5 atom stereocenters. The molecule has 0 bridgehead atoms. The molecule has 0 spiro atoms. The molecular weight excluding hydrogens is 370 g/mol. The molecule has 0 radical (unpaired) electrons. The van der Waals surface area contributed by atoms with Gasteiger partial charge in [0.05, 0.1) is 30.4 Å². The second-order valence-electron chi connectivity index (χ2n) is 8.44. The number of aliphatic imine (C=N–C) groups is 1. The Morgan fingerprint density at radius 3 is 2.83 bits per heavy atom. The number of anilines is 2. The molecule has 1 amide bonds. The first-order valence-electron chi connectivity index (χ1n) is 10.4. The lowest BCUT2D eigenvalue weighted by atomic mass is 10.0. The number of benzene rings is 1. The van der Waals surface area contributed by atoms with Crippen molar-refractivity contribution in [1.82, 2.24) is 10.1 Å². The fourth-order valence-corrected chi connectivity index (χ4v) is 4.68. The van der Waals surface area contributed by atoms with Gasteiger partial charge in [0.2, 0.25) is 0 Å². The third-order valence-electron chi connectivity index (χ3n) is 6.48. The van der Waals surface area contributed by atoms with Gasteiger partial charge in [-0.25, -0.2) is 0 Å². The Hall–Kier alpha value is -2.74. The summed E-state index contributed by atoms with van der Waals surface area (Å²) in [6.45, 7) is 3.50. The van der Waals surface area contributed by atoms with E-state index in [1.54, 1.807) is 6.34 Å². The molecule has 29 heavy (non-hydrogen) atoms. The highest BCUT2D eigenvalue weighted by molar-refractivity contribution is 6.11. The lowest BCUT2D eigenvalue weighted by molar-refractivity contribution is -0.120. The van der Waals surface area contributed by atoms with Gasteiger partial charge in [0.1, 0.15) is 6.04 Å². The first kappa shape index (κ1) is 17.1. The van der Waals surface area contributed by atoms with Gasteiger partial charge in [-0.3, -0.25) is 9.79 Å². The topological polar surface area (TPSA) is 84.1 Å². The average Bonchev–Trinajstić information content (AvgIpc) is 3.21. The van der Waals surface area contributed by atoms with Crippen molar-refractivity contribution >= 4 is 23.6 Å². The van der Waals surface area contributed by atoms with Gasteiger partial charge in [-0.2, -0.15) is 4.98 Å². The predicted molar refractivity (Wildman–Crippen MR) is 106 cm³/mol. The first-order valence-corrected chi connectivity index (χ1v) is 10.4. The van der Waals surface area contributed by atoms with E-state index in [9.17, 15) is 4.79 Å². The van der Waals surface area contributed by atoms with E-state index >= 15 is 0 Å².